The largest absolute Gasteiger partial charge is 0.506 e. The molecule has 0 radical (unpaired) electrons. The second-order valence-corrected chi connectivity index (χ2v) is 49.0. The van der Waals surface area contributed by atoms with Crippen LogP contribution in [0.1, 0.15) is 316 Å². The maximum absolute atomic E-state index is 11.0. The fourth-order valence-electron chi connectivity index (χ4n) is 16.7. The van der Waals surface area contributed by atoms with Crippen molar-refractivity contribution in [3.05, 3.63) is 293 Å². The number of hydrogen-bond acceptors (Lipinski definition) is 7. The van der Waals surface area contributed by atoms with Gasteiger partial charge in [0.25, 0.3) is 0 Å². The molecule has 4 aromatic heterocycles. The fraction of sp³-hybridized carbons (Fsp3) is 0.431. The number of phenols is 3. The van der Waals surface area contributed by atoms with E-state index in [2.05, 4.69) is 321 Å². The first-order valence-electron chi connectivity index (χ1n) is 47.6. The van der Waals surface area contributed by atoms with Crippen LogP contribution in [-0.4, -0.2) is 33.5 Å². The molecule has 17 heteroatoms. The van der Waals surface area contributed by atoms with Gasteiger partial charge in [-0.2, -0.15) is 34.2 Å². The summed E-state index contributed by atoms with van der Waals surface area (Å²) in [5.41, 5.74) is 38.9. The van der Waals surface area contributed by atoms with E-state index in [0.29, 0.717) is 46.1 Å². The maximum atomic E-state index is 11.0. The van der Waals surface area contributed by atoms with Gasteiger partial charge in [0.1, 0.15) is 22.8 Å². The van der Waals surface area contributed by atoms with Gasteiger partial charge >= 0.3 is 354 Å². The number of hydrogen-bond donors (Lipinski definition) is 3. The minimum absolute atomic E-state index is 0.239. The molecule has 4 heterocycles. The SMILES string of the molecule is CC(C)c1cccc(C(C)C)c1[N]=[Mo]=[CH]C(C)(C)C.CC(C)c1cccc(C(C)C)c1[N]=[Mo]=[CH]C(C)(C)C.Cc1c(Br)cc2c(c1-c1c(O)c(Br)cc3c1CCCC3)CCCC2.Cc1c(Br)cc2c(c1-c1c(O)c(Br)cc3c1CCCC3)CCCC2.Cc1ccc(C)[n-]1.Cc1ccc(C)[n-]1.Cc1ccc(C)[n-]1.Cc1cccc(C)c1[N]=[W]=[CH]C(C)(C)C.Oc1cccc2cccnc12. The Morgan fingerprint density at radius 3 is 0.947 bits per heavy atom. The minimum Gasteiger partial charge on any atom is -0.506 e. The van der Waals surface area contributed by atoms with Crippen molar-refractivity contribution in [3.63, 3.8) is 0 Å². The van der Waals surface area contributed by atoms with Gasteiger partial charge in [0.2, 0.25) is 0 Å². The molecule has 0 saturated heterocycles. The first kappa shape index (κ1) is 112. The molecule has 0 atom stereocenters. The number of aromatic hydroxyl groups is 3. The second kappa shape index (κ2) is 53.0. The predicted molar refractivity (Wildman–Crippen MR) is 573 cm³/mol. The molecule has 0 unspecified atom stereocenters. The number of halogens is 4. The molecule has 0 bridgehead atoms. The summed E-state index contributed by atoms with van der Waals surface area (Å²) in [6.07, 6.45) is 20.6. The molecule has 4 aliphatic rings. The van der Waals surface area contributed by atoms with E-state index in [0.717, 1.165) is 111 Å². The summed E-state index contributed by atoms with van der Waals surface area (Å²) < 4.78 is 26.1. The molecule has 16 rings (SSSR count). The van der Waals surface area contributed by atoms with Crippen LogP contribution in [0.3, 0.4) is 0 Å². The van der Waals surface area contributed by atoms with Crippen molar-refractivity contribution in [1.29, 1.82) is 0 Å². The number of aromatic nitrogens is 4. The Bertz CT molecular complexity index is 5530. The van der Waals surface area contributed by atoms with E-state index >= 15 is 0 Å². The summed E-state index contributed by atoms with van der Waals surface area (Å²) in [5, 5.41) is 32.2. The second-order valence-electron chi connectivity index (χ2n) is 40.3. The molecule has 4 aliphatic carbocycles. The van der Waals surface area contributed by atoms with Crippen molar-refractivity contribution in [2.45, 2.75) is 313 Å². The predicted octanol–water partition coefficient (Wildman–Crippen LogP) is 34.4. The van der Waals surface area contributed by atoms with Crippen LogP contribution in [-0.2, 0) is 105 Å². The Hall–Kier alpha value is -6.60. The summed E-state index contributed by atoms with van der Waals surface area (Å²) in [7, 11) is 0. The number of rotatable bonds is 9. The average molecular weight is 2380 g/mol. The van der Waals surface area contributed by atoms with Gasteiger partial charge in [-0.05, 0) is 252 Å². The van der Waals surface area contributed by atoms with Crippen LogP contribution in [0.25, 0.3) is 33.2 Å². The van der Waals surface area contributed by atoms with E-state index in [1.54, 1.807) is 18.3 Å². The van der Waals surface area contributed by atoms with Crippen molar-refractivity contribution < 1.29 is 69.1 Å². The molecule has 0 spiro atoms. The molecule has 3 N–H and O–H groups in total. The Balaban J connectivity index is 0.000000190. The molecule has 0 saturated carbocycles. The summed E-state index contributed by atoms with van der Waals surface area (Å²) in [6.45, 7) is 58.9. The Labute approximate surface area is 857 Å². The van der Waals surface area contributed by atoms with Gasteiger partial charge in [0, 0.05) is 31.7 Å². The fourth-order valence-corrected chi connectivity index (χ4v) is 24.7. The van der Waals surface area contributed by atoms with Gasteiger partial charge in [0.15, 0.2) is 0 Å². The van der Waals surface area contributed by atoms with Gasteiger partial charge in [-0.15, -0.1) is 0 Å². The van der Waals surface area contributed by atoms with Crippen molar-refractivity contribution in [3.8, 4) is 39.5 Å². The average Bonchev–Trinajstić information content (AvgIpc) is 0.811. The van der Waals surface area contributed by atoms with Gasteiger partial charge in [-0.1, -0.05) is 128 Å². The van der Waals surface area contributed by atoms with Crippen LogP contribution >= 0.6 is 63.7 Å². The topological polar surface area (TPSA) is 153 Å². The van der Waals surface area contributed by atoms with Crippen LogP contribution in [0, 0.1) is 85.5 Å². The summed E-state index contributed by atoms with van der Waals surface area (Å²) in [4.78, 5) is 16.4. The third-order valence-electron chi connectivity index (χ3n) is 23.5. The monoisotopic (exact) mass is 2380 g/mol. The Kier molecular flexibility index (Phi) is 44.5. The van der Waals surface area contributed by atoms with Crippen molar-refractivity contribution in [2.24, 2.45) is 26.7 Å². The summed E-state index contributed by atoms with van der Waals surface area (Å²) in [6, 6.07) is 49.7. The number of fused-ring (bicyclic) bond motifs is 5. The number of benzene rings is 8. The Morgan fingerprint density at radius 2 is 0.654 bits per heavy atom. The third-order valence-corrected chi connectivity index (χ3v) is 35.7. The molecule has 8 aromatic carbocycles. The molecule has 0 fully saturated rings. The van der Waals surface area contributed by atoms with E-state index in [-0.39, 0.29) is 16.6 Å². The number of phenolic OH excluding ortho intramolecular Hbond substituents is 3. The van der Waals surface area contributed by atoms with E-state index < -0.39 is 53.8 Å². The van der Waals surface area contributed by atoms with Crippen molar-refractivity contribution >= 4 is 105 Å². The zero-order valence-electron chi connectivity index (χ0n) is 84.5. The molecule has 133 heavy (non-hydrogen) atoms. The molecular formula is C116H148Br4Mo2N7O3W-3. The standard InChI is InChI=1S/2C21H22Br2O.2C12H17N.C9H7NO.C8H9N.3C6H8N.3C5H10.2Mo.W/c2*1-12-17(22)10-13-6-2-4-8-15(13)19(12)20-16-9-5-3-7-14(16)11-18(23)21(20)24;2*1-8(2)10-6-5-7-11(9(3)4)12(10)13;11-8-5-1-3-7-4-2-6-10-9(7)8;1-6-4-3-5-7(2)8(6)9;3*1-5-3-4-6(2)7-5;3*1-5(2,3)4;;;/h2*10-11,24H,2-9H2,1H3;2*5-9H,1-4H3;1-6,11H;3-5H,1-2H3;3*3-4H,1-2H3;3*1H,2-4H3;;;/q;;;;;;3*-1;;;;;;. The zero-order valence-corrected chi connectivity index (χ0v) is 97.8. The maximum Gasteiger partial charge on any atom is 0.141 e. The van der Waals surface area contributed by atoms with Crippen LogP contribution in [0.2, 0.25) is 0 Å². The first-order chi connectivity index (χ1) is 62.7. The van der Waals surface area contributed by atoms with E-state index in [9.17, 15) is 15.3 Å². The van der Waals surface area contributed by atoms with E-state index in [4.69, 9.17) is 10.5 Å². The summed E-state index contributed by atoms with van der Waals surface area (Å²) >= 11 is 13.2. The van der Waals surface area contributed by atoms with Crippen molar-refractivity contribution in [1.82, 2.24) is 19.9 Å². The first-order valence-corrected chi connectivity index (χ1v) is 57.9. The smallest absolute Gasteiger partial charge is 0.141 e. The van der Waals surface area contributed by atoms with Crippen LogP contribution in [0.4, 0.5) is 17.1 Å². The number of pyridine rings is 1. The van der Waals surface area contributed by atoms with Crippen LogP contribution < -0.4 is 15.0 Å². The number of para-hydroxylation sites is 1. The zero-order chi connectivity index (χ0) is 97.9. The van der Waals surface area contributed by atoms with E-state index in [1.807, 2.05) is 96.1 Å². The normalized spacial score (nSPS) is 13.0. The van der Waals surface area contributed by atoms with E-state index in [1.165, 1.54) is 178 Å². The molecule has 0 aliphatic heterocycles. The van der Waals surface area contributed by atoms with Gasteiger partial charge < -0.3 is 30.3 Å². The molecule has 714 valence electrons. The molecule has 0 amide bonds. The summed E-state index contributed by atoms with van der Waals surface area (Å²) in [5.74, 6) is 3.25. The van der Waals surface area contributed by atoms with Crippen LogP contribution in [0.15, 0.2) is 180 Å². The number of nitrogens with zero attached hydrogens (tertiary/aromatic N) is 7. The number of aryl methyl sites for hydroxylation is 12. The Morgan fingerprint density at radius 1 is 0.361 bits per heavy atom. The molecular weight excluding hydrogens is 2230 g/mol. The third kappa shape index (κ3) is 34.2. The van der Waals surface area contributed by atoms with Gasteiger partial charge in [0.05, 0.1) is 8.95 Å². The molecule has 12 aromatic rings. The minimum atomic E-state index is -0.681. The van der Waals surface area contributed by atoms with Gasteiger partial charge in [-0.25, -0.2) is 0 Å². The molecule has 10 nitrogen and oxygen atoms in total. The van der Waals surface area contributed by atoms with Crippen LogP contribution in [0.5, 0.6) is 17.2 Å². The van der Waals surface area contributed by atoms with Gasteiger partial charge in [-0.3, -0.25) is 4.98 Å². The quantitative estimate of drug-likeness (QED) is 0.122. The van der Waals surface area contributed by atoms with Crippen molar-refractivity contribution in [2.75, 3.05) is 0 Å².